The van der Waals surface area contributed by atoms with Crippen LogP contribution in [-0.4, -0.2) is 45.8 Å². The number of sulfone groups is 1. The summed E-state index contributed by atoms with van der Waals surface area (Å²) in [5.74, 6) is 1.01. The molecule has 2 aromatic rings. The fourth-order valence-corrected chi connectivity index (χ4v) is 5.71. The highest BCUT2D eigenvalue weighted by atomic mass is 32.2. The van der Waals surface area contributed by atoms with Gasteiger partial charge in [-0.25, -0.2) is 13.1 Å². The van der Waals surface area contributed by atoms with Gasteiger partial charge in [0.1, 0.15) is 5.82 Å². The lowest BCUT2D eigenvalue weighted by Crippen LogP contribution is -2.20. The van der Waals surface area contributed by atoms with Crippen LogP contribution >= 0.6 is 0 Å². The second-order valence-corrected chi connectivity index (χ2v) is 9.80. The normalized spacial score (nSPS) is 23.9. The highest BCUT2D eigenvalue weighted by Crippen LogP contribution is 2.41. The van der Waals surface area contributed by atoms with E-state index in [1.807, 2.05) is 6.07 Å². The third-order valence-electron chi connectivity index (χ3n) is 5.57. The Morgan fingerprint density at radius 1 is 1.27 bits per heavy atom. The molecule has 2 aromatic heterocycles. The van der Waals surface area contributed by atoms with E-state index in [0.717, 1.165) is 49.1 Å². The Hall–Kier alpha value is -2.16. The third kappa shape index (κ3) is 2.74. The average molecular weight is 375 g/mol. The number of carbonyl (C=O) groups is 1. The van der Waals surface area contributed by atoms with Gasteiger partial charge in [-0.1, -0.05) is 0 Å². The first-order valence-electron chi connectivity index (χ1n) is 9.17. The van der Waals surface area contributed by atoms with Crippen LogP contribution in [0, 0.1) is 0 Å². The maximum atomic E-state index is 12.8. The molecule has 1 atom stereocenters. The molecule has 1 saturated heterocycles. The van der Waals surface area contributed by atoms with E-state index in [2.05, 4.69) is 20.6 Å². The van der Waals surface area contributed by atoms with Crippen molar-refractivity contribution in [2.75, 3.05) is 16.8 Å². The quantitative estimate of drug-likeness (QED) is 0.843. The number of anilines is 1. The summed E-state index contributed by atoms with van der Waals surface area (Å²) >= 11 is 0. The predicted molar refractivity (Wildman–Crippen MR) is 95.1 cm³/mol. The number of nitrogens with zero attached hydrogens (tertiary/aromatic N) is 3. The minimum Gasteiger partial charge on any atom is -0.305 e. The van der Waals surface area contributed by atoms with Crippen molar-refractivity contribution in [1.82, 2.24) is 20.0 Å². The van der Waals surface area contributed by atoms with Gasteiger partial charge in [-0.2, -0.15) is 10.2 Å². The van der Waals surface area contributed by atoms with Gasteiger partial charge < -0.3 is 5.32 Å². The van der Waals surface area contributed by atoms with Crippen LogP contribution in [0.1, 0.15) is 65.1 Å². The summed E-state index contributed by atoms with van der Waals surface area (Å²) < 4.78 is 25.5. The van der Waals surface area contributed by atoms with E-state index in [-0.39, 0.29) is 23.5 Å². The number of carbonyl (C=O) groups excluding carboxylic acids is 1. The molecule has 8 nitrogen and oxygen atoms in total. The fourth-order valence-electron chi connectivity index (χ4n) is 4.01. The lowest BCUT2D eigenvalue weighted by atomic mass is 10.2. The molecule has 9 heteroatoms. The zero-order valence-corrected chi connectivity index (χ0v) is 15.2. The van der Waals surface area contributed by atoms with E-state index >= 15 is 0 Å². The van der Waals surface area contributed by atoms with Gasteiger partial charge >= 0.3 is 0 Å². The molecular formula is C17H21N5O3S. The molecule has 1 unspecified atom stereocenters. The molecule has 5 rings (SSSR count). The maximum Gasteiger partial charge on any atom is 0.277 e. The van der Waals surface area contributed by atoms with E-state index < -0.39 is 9.84 Å². The molecule has 1 amide bonds. The summed E-state index contributed by atoms with van der Waals surface area (Å²) in [7, 11) is -3.03. The number of hydrogen-bond acceptors (Lipinski definition) is 5. The van der Waals surface area contributed by atoms with Crippen molar-refractivity contribution in [2.24, 2.45) is 0 Å². The van der Waals surface area contributed by atoms with E-state index in [1.54, 1.807) is 4.68 Å². The fraction of sp³-hybridized carbons (Fsp3) is 0.588. The summed E-state index contributed by atoms with van der Waals surface area (Å²) in [6.07, 6.45) is 5.56. The molecule has 2 aliphatic carbocycles. The van der Waals surface area contributed by atoms with Crippen molar-refractivity contribution in [2.45, 2.75) is 50.5 Å². The van der Waals surface area contributed by atoms with Crippen LogP contribution in [0.4, 0.5) is 5.82 Å². The second kappa shape index (κ2) is 5.67. The number of fused-ring (bicyclic) bond motifs is 1. The lowest BCUT2D eigenvalue weighted by Gasteiger charge is -2.13. The molecule has 0 radical (unpaired) electrons. The van der Waals surface area contributed by atoms with E-state index in [4.69, 9.17) is 0 Å². The smallest absolute Gasteiger partial charge is 0.277 e. The van der Waals surface area contributed by atoms with Crippen LogP contribution in [0.25, 0.3) is 0 Å². The van der Waals surface area contributed by atoms with Crippen LogP contribution in [0.15, 0.2) is 6.07 Å². The molecule has 2 fully saturated rings. The van der Waals surface area contributed by atoms with Crippen LogP contribution in [0.2, 0.25) is 0 Å². The van der Waals surface area contributed by atoms with Gasteiger partial charge in [0.25, 0.3) is 5.91 Å². The summed E-state index contributed by atoms with van der Waals surface area (Å²) in [5, 5.41) is 14.7. The van der Waals surface area contributed by atoms with Gasteiger partial charge in [-0.05, 0) is 38.5 Å². The van der Waals surface area contributed by atoms with Gasteiger partial charge in [0, 0.05) is 23.2 Å². The van der Waals surface area contributed by atoms with Gasteiger partial charge in [0.2, 0.25) is 0 Å². The standard InChI is InChI=1S/C17H21N5O3S/c23-17(16-12-2-1-3-13(12)19-20-16)18-15-8-14(10-4-5-10)21-22(15)11-6-7-26(24,25)9-11/h8,10-11H,1-7,9H2,(H,18,23)(H,19,20). The topological polar surface area (TPSA) is 110 Å². The summed E-state index contributed by atoms with van der Waals surface area (Å²) in [6.45, 7) is 0. The molecular weight excluding hydrogens is 354 g/mol. The van der Waals surface area contributed by atoms with Gasteiger partial charge in [-0.3, -0.25) is 9.89 Å². The number of nitrogens with one attached hydrogen (secondary N) is 2. The Morgan fingerprint density at radius 3 is 2.85 bits per heavy atom. The molecule has 3 heterocycles. The molecule has 1 saturated carbocycles. The Labute approximate surface area is 151 Å². The highest BCUT2D eigenvalue weighted by molar-refractivity contribution is 7.91. The second-order valence-electron chi connectivity index (χ2n) is 7.57. The van der Waals surface area contributed by atoms with Crippen molar-refractivity contribution in [3.05, 3.63) is 28.7 Å². The number of aromatic amines is 1. The Morgan fingerprint density at radius 2 is 2.12 bits per heavy atom. The Bertz CT molecular complexity index is 986. The first-order chi connectivity index (χ1) is 12.5. The van der Waals surface area contributed by atoms with Crippen molar-refractivity contribution >= 4 is 21.6 Å². The lowest BCUT2D eigenvalue weighted by molar-refractivity contribution is 0.102. The van der Waals surface area contributed by atoms with Crippen LogP contribution in [0.3, 0.4) is 0 Å². The SMILES string of the molecule is O=C(Nc1cc(C2CC2)nn1C1CCS(=O)(=O)C1)c1n[nH]c2c1CCC2. The van der Waals surface area contributed by atoms with Crippen molar-refractivity contribution < 1.29 is 13.2 Å². The largest absolute Gasteiger partial charge is 0.305 e. The maximum absolute atomic E-state index is 12.8. The summed E-state index contributed by atoms with van der Waals surface area (Å²) in [6, 6.07) is 1.68. The van der Waals surface area contributed by atoms with Crippen molar-refractivity contribution in [3.63, 3.8) is 0 Å². The molecule has 1 aliphatic heterocycles. The minimum atomic E-state index is -3.03. The molecule has 0 aromatic carbocycles. The summed E-state index contributed by atoms with van der Waals surface area (Å²) in [4.78, 5) is 12.8. The summed E-state index contributed by atoms with van der Waals surface area (Å²) in [5.41, 5.74) is 3.43. The number of rotatable bonds is 4. The zero-order valence-electron chi connectivity index (χ0n) is 14.4. The van der Waals surface area contributed by atoms with E-state index in [1.165, 1.54) is 0 Å². The molecule has 2 N–H and O–H groups in total. The van der Waals surface area contributed by atoms with Crippen molar-refractivity contribution in [3.8, 4) is 0 Å². The third-order valence-corrected chi connectivity index (χ3v) is 7.32. The zero-order chi connectivity index (χ0) is 17.9. The first-order valence-corrected chi connectivity index (χ1v) is 11.0. The molecule has 0 bridgehead atoms. The van der Waals surface area contributed by atoms with Gasteiger partial charge in [-0.15, -0.1) is 0 Å². The Balaban J connectivity index is 1.45. The van der Waals surface area contributed by atoms with Crippen LogP contribution in [-0.2, 0) is 22.7 Å². The first kappa shape index (κ1) is 16.0. The number of aryl methyl sites for hydroxylation is 1. The molecule has 138 valence electrons. The average Bonchev–Trinajstić information content (AvgIpc) is 2.94. The number of hydrogen-bond donors (Lipinski definition) is 2. The van der Waals surface area contributed by atoms with Gasteiger partial charge in [0.05, 0.1) is 23.2 Å². The monoisotopic (exact) mass is 375 g/mol. The van der Waals surface area contributed by atoms with E-state index in [9.17, 15) is 13.2 Å². The molecule has 0 spiro atoms. The predicted octanol–water partition coefficient (Wildman–Crippen LogP) is 1.58. The van der Waals surface area contributed by atoms with Crippen molar-refractivity contribution in [1.29, 1.82) is 0 Å². The minimum absolute atomic E-state index is 0.0828. The van der Waals surface area contributed by atoms with Crippen LogP contribution < -0.4 is 5.32 Å². The number of amides is 1. The Kier molecular flexibility index (Phi) is 3.50. The number of H-pyrrole nitrogens is 1. The molecule has 26 heavy (non-hydrogen) atoms. The molecule has 3 aliphatic rings. The van der Waals surface area contributed by atoms with E-state index in [0.29, 0.717) is 23.9 Å². The highest BCUT2D eigenvalue weighted by Gasteiger charge is 2.34. The number of aromatic nitrogens is 4. The van der Waals surface area contributed by atoms with Crippen LogP contribution in [0.5, 0.6) is 0 Å². The van der Waals surface area contributed by atoms with Gasteiger partial charge in [0.15, 0.2) is 15.5 Å².